The summed E-state index contributed by atoms with van der Waals surface area (Å²) in [7, 11) is 1.57. The maximum atomic E-state index is 9.52. The van der Waals surface area contributed by atoms with E-state index in [0.717, 1.165) is 17.0 Å². The van der Waals surface area contributed by atoms with Gasteiger partial charge in [0.05, 0.1) is 24.1 Å². The number of nitrogens with zero attached hydrogens (tertiary/aromatic N) is 3. The molecule has 0 saturated heterocycles. The first kappa shape index (κ1) is 22.3. The summed E-state index contributed by atoms with van der Waals surface area (Å²) in [5.74, 6) is 1.46. The average molecular weight is 416 g/mol. The van der Waals surface area contributed by atoms with Crippen LogP contribution >= 0.6 is 0 Å². The zero-order valence-electron chi connectivity index (χ0n) is 19.3. The molecule has 1 aromatic carbocycles. The number of methoxy groups -OCH3 is 1. The van der Waals surface area contributed by atoms with Crippen molar-refractivity contribution in [3.05, 3.63) is 65.4 Å². The normalized spacial score (nSPS) is 11.7. The Morgan fingerprint density at radius 2 is 1.52 bits per heavy atom. The minimum absolute atomic E-state index is 0.00342. The highest BCUT2D eigenvalue weighted by Crippen LogP contribution is 2.34. The van der Waals surface area contributed by atoms with Gasteiger partial charge in [-0.1, -0.05) is 41.5 Å². The number of hydrogen-bond donors (Lipinski definition) is 0. The van der Waals surface area contributed by atoms with Crippen LogP contribution in [0.2, 0.25) is 0 Å². The molecule has 0 aliphatic carbocycles. The first-order valence-corrected chi connectivity index (χ1v) is 10.3. The molecule has 0 spiro atoms. The summed E-state index contributed by atoms with van der Waals surface area (Å²) in [6.07, 6.45) is 1.82. The molecule has 0 fully saturated rings. The molecule has 3 aromatic rings. The van der Waals surface area contributed by atoms with E-state index in [1.165, 1.54) is 5.56 Å². The molecule has 0 aliphatic rings. The van der Waals surface area contributed by atoms with Gasteiger partial charge in [0.25, 0.3) is 0 Å². The molecular formula is C26H29N3O2. The van der Waals surface area contributed by atoms with Gasteiger partial charge >= 0.3 is 0 Å². The molecule has 0 bridgehead atoms. The standard InChI is InChI=1S/C26H29N3O2/c1-25(2,3)18-10-11-28-21(13-18)22-14-19(26(4,5)6)15-24(29-22)31-23-9-8-20(30-7)12-17(23)16-27/h8-15H,1-7H3. The summed E-state index contributed by atoms with van der Waals surface area (Å²) < 4.78 is 11.3. The van der Waals surface area contributed by atoms with Gasteiger partial charge in [0, 0.05) is 18.3 Å². The van der Waals surface area contributed by atoms with Crippen LogP contribution < -0.4 is 9.47 Å². The molecular weight excluding hydrogens is 386 g/mol. The number of benzene rings is 1. The lowest BCUT2D eigenvalue weighted by Crippen LogP contribution is -2.13. The molecule has 31 heavy (non-hydrogen) atoms. The molecule has 3 rings (SSSR count). The Bertz CT molecular complexity index is 1130. The van der Waals surface area contributed by atoms with Gasteiger partial charge in [-0.2, -0.15) is 5.26 Å². The fraction of sp³-hybridized carbons (Fsp3) is 0.346. The molecule has 5 nitrogen and oxygen atoms in total. The van der Waals surface area contributed by atoms with Crippen molar-refractivity contribution in [1.29, 1.82) is 5.26 Å². The van der Waals surface area contributed by atoms with Crippen molar-refractivity contribution >= 4 is 0 Å². The maximum absolute atomic E-state index is 9.52. The third kappa shape index (κ3) is 5.21. The first-order valence-electron chi connectivity index (χ1n) is 10.3. The Morgan fingerprint density at radius 3 is 2.13 bits per heavy atom. The Kier molecular flexibility index (Phi) is 6.03. The fourth-order valence-corrected chi connectivity index (χ4v) is 3.08. The van der Waals surface area contributed by atoms with Crippen LogP contribution in [-0.4, -0.2) is 17.1 Å². The van der Waals surface area contributed by atoms with Gasteiger partial charge in [-0.3, -0.25) is 4.98 Å². The molecule has 2 aromatic heterocycles. The highest BCUT2D eigenvalue weighted by molar-refractivity contribution is 5.59. The quantitative estimate of drug-likeness (QED) is 0.492. The fourth-order valence-electron chi connectivity index (χ4n) is 3.08. The largest absolute Gasteiger partial charge is 0.497 e. The number of rotatable bonds is 4. The summed E-state index contributed by atoms with van der Waals surface area (Å²) in [5.41, 5.74) is 4.06. The van der Waals surface area contributed by atoms with Crippen molar-refractivity contribution in [2.45, 2.75) is 52.4 Å². The van der Waals surface area contributed by atoms with Gasteiger partial charge in [-0.25, -0.2) is 4.98 Å². The molecule has 0 N–H and O–H groups in total. The maximum Gasteiger partial charge on any atom is 0.220 e. The van der Waals surface area contributed by atoms with Gasteiger partial charge in [-0.05, 0) is 52.3 Å². The highest BCUT2D eigenvalue weighted by atomic mass is 16.5. The summed E-state index contributed by atoms with van der Waals surface area (Å²) in [6.45, 7) is 12.9. The van der Waals surface area contributed by atoms with E-state index in [-0.39, 0.29) is 10.8 Å². The van der Waals surface area contributed by atoms with Gasteiger partial charge < -0.3 is 9.47 Å². The molecule has 0 atom stereocenters. The smallest absolute Gasteiger partial charge is 0.220 e. The second-order valence-electron chi connectivity index (χ2n) is 9.59. The molecule has 0 saturated carbocycles. The molecule has 5 heteroatoms. The minimum Gasteiger partial charge on any atom is -0.497 e. The van der Waals surface area contributed by atoms with Crippen molar-refractivity contribution < 1.29 is 9.47 Å². The lowest BCUT2D eigenvalue weighted by Gasteiger charge is -2.22. The summed E-state index contributed by atoms with van der Waals surface area (Å²) in [5, 5.41) is 9.52. The van der Waals surface area contributed by atoms with Crippen LogP contribution in [0.15, 0.2) is 48.7 Å². The average Bonchev–Trinajstić information content (AvgIpc) is 2.72. The Balaban J connectivity index is 2.10. The van der Waals surface area contributed by atoms with Crippen LogP contribution in [0.4, 0.5) is 0 Å². The molecule has 0 aliphatic heterocycles. The topological polar surface area (TPSA) is 68.0 Å². The van der Waals surface area contributed by atoms with Crippen molar-refractivity contribution in [3.63, 3.8) is 0 Å². The summed E-state index contributed by atoms with van der Waals surface area (Å²) in [4.78, 5) is 9.29. The first-order chi connectivity index (χ1) is 14.5. The monoisotopic (exact) mass is 415 g/mol. The van der Waals surface area contributed by atoms with Crippen LogP contribution in [0.3, 0.4) is 0 Å². The lowest BCUT2D eigenvalue weighted by molar-refractivity contribution is 0.411. The highest BCUT2D eigenvalue weighted by Gasteiger charge is 2.20. The number of aromatic nitrogens is 2. The number of ether oxygens (including phenoxy) is 2. The number of nitriles is 1. The lowest BCUT2D eigenvalue weighted by atomic mass is 9.86. The number of hydrogen-bond acceptors (Lipinski definition) is 5. The van der Waals surface area contributed by atoms with E-state index in [4.69, 9.17) is 14.5 Å². The van der Waals surface area contributed by atoms with Gasteiger partial charge in [0.1, 0.15) is 17.6 Å². The van der Waals surface area contributed by atoms with Crippen molar-refractivity contribution in [3.8, 4) is 34.8 Å². The zero-order chi connectivity index (χ0) is 22.8. The minimum atomic E-state index is -0.116. The summed E-state index contributed by atoms with van der Waals surface area (Å²) >= 11 is 0. The molecule has 0 unspecified atom stereocenters. The van der Waals surface area contributed by atoms with E-state index >= 15 is 0 Å². The van der Waals surface area contributed by atoms with Gasteiger partial charge in [-0.15, -0.1) is 0 Å². The molecule has 0 amide bonds. The zero-order valence-corrected chi connectivity index (χ0v) is 19.3. The van der Waals surface area contributed by atoms with Gasteiger partial charge in [0.15, 0.2) is 0 Å². The van der Waals surface area contributed by atoms with Crippen LogP contribution in [0.5, 0.6) is 17.4 Å². The predicted molar refractivity (Wildman–Crippen MR) is 123 cm³/mol. The van der Waals surface area contributed by atoms with Crippen LogP contribution in [-0.2, 0) is 10.8 Å². The third-order valence-electron chi connectivity index (χ3n) is 5.08. The Morgan fingerprint density at radius 1 is 0.839 bits per heavy atom. The van der Waals surface area contributed by atoms with Crippen molar-refractivity contribution in [2.75, 3.05) is 7.11 Å². The van der Waals surface area contributed by atoms with E-state index in [0.29, 0.717) is 22.9 Å². The Labute approximate surface area is 184 Å². The van der Waals surface area contributed by atoms with E-state index in [1.807, 2.05) is 18.3 Å². The summed E-state index contributed by atoms with van der Waals surface area (Å²) in [6, 6.07) is 15.4. The van der Waals surface area contributed by atoms with E-state index in [2.05, 4.69) is 64.7 Å². The van der Waals surface area contributed by atoms with E-state index in [9.17, 15) is 5.26 Å². The van der Waals surface area contributed by atoms with Gasteiger partial charge in [0.2, 0.25) is 5.88 Å². The second-order valence-corrected chi connectivity index (χ2v) is 9.59. The van der Waals surface area contributed by atoms with E-state index < -0.39 is 0 Å². The predicted octanol–water partition coefficient (Wildman–Crippen LogP) is 6.41. The second kappa shape index (κ2) is 8.39. The Hall–Kier alpha value is -3.39. The van der Waals surface area contributed by atoms with Crippen molar-refractivity contribution in [1.82, 2.24) is 9.97 Å². The van der Waals surface area contributed by atoms with Crippen molar-refractivity contribution in [2.24, 2.45) is 0 Å². The van der Waals surface area contributed by atoms with E-state index in [1.54, 1.807) is 25.3 Å². The van der Waals surface area contributed by atoms with Crippen LogP contribution in [0.25, 0.3) is 11.4 Å². The molecule has 2 heterocycles. The number of pyridine rings is 2. The van der Waals surface area contributed by atoms with Crippen LogP contribution in [0.1, 0.15) is 58.2 Å². The van der Waals surface area contributed by atoms with Crippen LogP contribution in [0, 0.1) is 11.3 Å². The SMILES string of the molecule is COc1ccc(Oc2cc(C(C)(C)C)cc(-c3cc(C(C)(C)C)ccn3)n2)c(C#N)c1. The molecule has 160 valence electrons. The molecule has 0 radical (unpaired) electrons. The third-order valence-corrected chi connectivity index (χ3v) is 5.08.